The van der Waals surface area contributed by atoms with Gasteiger partial charge in [-0.25, -0.2) is 4.39 Å². The fourth-order valence-corrected chi connectivity index (χ4v) is 4.47. The molecular weight excluding hydrogens is 435 g/mol. The first-order valence-electron chi connectivity index (χ1n) is 11.6. The number of nitrogens with one attached hydrogen (secondary N) is 1. The molecular formula is C25H29FN6O2. The smallest absolute Gasteiger partial charge is 0.326 e. The maximum atomic E-state index is 15.2. The van der Waals surface area contributed by atoms with E-state index < -0.39 is 5.82 Å². The van der Waals surface area contributed by atoms with Crippen molar-refractivity contribution in [2.45, 2.75) is 20.3 Å². The van der Waals surface area contributed by atoms with E-state index in [-0.39, 0.29) is 18.4 Å². The molecule has 0 unspecified atom stereocenters. The highest BCUT2D eigenvalue weighted by Gasteiger charge is 2.22. The summed E-state index contributed by atoms with van der Waals surface area (Å²) >= 11 is 0. The number of piperazine rings is 1. The standard InChI is InChI=1S/C25H29FN6O2/c1-16-11-18-3-4-20(24(26)19(18)12-16)34-25-29-22(28-21-13-17(2)15-27-21)14-23(30-25)32-7-5-31(6-8-32)9-10-33/h3-4,12-14,33H,5-11,15H2,1-2H3,(H,27,28,29,30). The van der Waals surface area contributed by atoms with Crippen LogP contribution in [0.5, 0.6) is 11.8 Å². The van der Waals surface area contributed by atoms with E-state index >= 15 is 4.39 Å². The molecule has 0 atom stereocenters. The van der Waals surface area contributed by atoms with Crippen molar-refractivity contribution in [3.05, 3.63) is 52.4 Å². The first kappa shape index (κ1) is 22.5. The molecule has 2 aliphatic heterocycles. The van der Waals surface area contributed by atoms with E-state index in [9.17, 15) is 5.11 Å². The maximum Gasteiger partial charge on any atom is 0.326 e. The molecule has 1 fully saturated rings. The number of β-amino-alcohol motifs (C(OH)–C–C–N with tert-alkyl or cyclic N) is 1. The molecule has 2 N–H and O–H groups in total. The van der Waals surface area contributed by atoms with Crippen molar-refractivity contribution in [3.63, 3.8) is 0 Å². The molecule has 2 aromatic rings. The topological polar surface area (TPSA) is 86.1 Å². The zero-order valence-corrected chi connectivity index (χ0v) is 19.5. The van der Waals surface area contributed by atoms with Crippen LogP contribution in [-0.4, -0.2) is 71.7 Å². The van der Waals surface area contributed by atoms with Gasteiger partial charge in [0, 0.05) is 44.4 Å². The molecule has 0 spiro atoms. The van der Waals surface area contributed by atoms with Gasteiger partial charge in [-0.3, -0.25) is 9.89 Å². The Balaban J connectivity index is 1.43. The molecule has 0 amide bonds. The van der Waals surface area contributed by atoms with E-state index in [1.807, 2.05) is 38.1 Å². The third kappa shape index (κ3) is 4.80. The van der Waals surface area contributed by atoms with E-state index in [1.165, 1.54) is 0 Å². The molecule has 0 saturated carbocycles. The van der Waals surface area contributed by atoms with Gasteiger partial charge in [0.15, 0.2) is 11.6 Å². The molecule has 9 heteroatoms. The van der Waals surface area contributed by atoms with Gasteiger partial charge < -0.3 is 20.1 Å². The molecule has 1 saturated heterocycles. The Morgan fingerprint density at radius 2 is 1.91 bits per heavy atom. The van der Waals surface area contributed by atoms with E-state index in [1.54, 1.807) is 6.07 Å². The molecule has 5 rings (SSSR count). The van der Waals surface area contributed by atoms with Gasteiger partial charge in [0.1, 0.15) is 17.5 Å². The summed E-state index contributed by atoms with van der Waals surface area (Å²) in [6.07, 6.45) is 4.59. The molecule has 34 heavy (non-hydrogen) atoms. The van der Waals surface area contributed by atoms with Crippen LogP contribution >= 0.6 is 0 Å². The lowest BCUT2D eigenvalue weighted by Gasteiger charge is -2.35. The number of ether oxygens (including phenoxy) is 1. The second-order valence-corrected chi connectivity index (χ2v) is 8.98. The zero-order chi connectivity index (χ0) is 23.7. The van der Waals surface area contributed by atoms with E-state index in [4.69, 9.17) is 4.74 Å². The summed E-state index contributed by atoms with van der Waals surface area (Å²) in [5.41, 5.74) is 3.82. The van der Waals surface area contributed by atoms with Crippen molar-refractivity contribution in [1.82, 2.24) is 14.9 Å². The van der Waals surface area contributed by atoms with Gasteiger partial charge in [0.25, 0.3) is 0 Å². The number of amidine groups is 1. The van der Waals surface area contributed by atoms with Crippen molar-refractivity contribution < 1.29 is 14.2 Å². The Hall–Kier alpha value is -3.30. The lowest BCUT2D eigenvalue weighted by atomic mass is 10.1. The average Bonchev–Trinajstić information content (AvgIpc) is 3.41. The Labute approximate surface area is 198 Å². The molecule has 1 aliphatic carbocycles. The molecule has 1 aromatic carbocycles. The van der Waals surface area contributed by atoms with Gasteiger partial charge in [0.2, 0.25) is 0 Å². The highest BCUT2D eigenvalue weighted by atomic mass is 19.1. The largest absolute Gasteiger partial charge is 0.421 e. The normalized spacial score (nSPS) is 17.9. The third-order valence-corrected chi connectivity index (χ3v) is 6.24. The predicted molar refractivity (Wildman–Crippen MR) is 131 cm³/mol. The number of benzene rings is 1. The minimum atomic E-state index is -0.394. The van der Waals surface area contributed by atoms with Gasteiger partial charge in [-0.15, -0.1) is 0 Å². The number of fused-ring (bicyclic) bond motifs is 1. The second-order valence-electron chi connectivity index (χ2n) is 8.98. The number of aliphatic hydroxyl groups excluding tert-OH is 1. The number of hydrogen-bond donors (Lipinski definition) is 2. The van der Waals surface area contributed by atoms with Crippen LogP contribution in [0.2, 0.25) is 0 Å². The van der Waals surface area contributed by atoms with Crippen LogP contribution in [0.4, 0.5) is 16.0 Å². The third-order valence-electron chi connectivity index (χ3n) is 6.24. The number of aromatic nitrogens is 2. The number of nitrogens with zero attached hydrogens (tertiary/aromatic N) is 5. The highest BCUT2D eigenvalue weighted by molar-refractivity contribution is 6.05. The summed E-state index contributed by atoms with van der Waals surface area (Å²) in [7, 11) is 0. The number of allylic oxidation sites excluding steroid dienone is 1. The molecule has 178 valence electrons. The first-order valence-corrected chi connectivity index (χ1v) is 11.6. The van der Waals surface area contributed by atoms with Crippen molar-refractivity contribution in [1.29, 1.82) is 0 Å². The lowest BCUT2D eigenvalue weighted by molar-refractivity contribution is 0.188. The molecule has 3 heterocycles. The number of anilines is 2. The fraction of sp³-hybridized carbons (Fsp3) is 0.400. The van der Waals surface area contributed by atoms with Gasteiger partial charge in [-0.1, -0.05) is 17.7 Å². The van der Waals surface area contributed by atoms with E-state index in [2.05, 4.69) is 30.1 Å². The molecule has 1 aromatic heterocycles. The fourth-order valence-electron chi connectivity index (χ4n) is 4.47. The zero-order valence-electron chi connectivity index (χ0n) is 19.5. The average molecular weight is 465 g/mol. The minimum Gasteiger partial charge on any atom is -0.421 e. The first-order chi connectivity index (χ1) is 16.5. The van der Waals surface area contributed by atoms with Crippen molar-refractivity contribution in [2.75, 3.05) is 56.1 Å². The van der Waals surface area contributed by atoms with Crippen LogP contribution in [0.25, 0.3) is 6.08 Å². The van der Waals surface area contributed by atoms with E-state index in [0.717, 1.165) is 55.1 Å². The molecule has 8 nitrogen and oxygen atoms in total. The molecule has 3 aliphatic rings. The number of rotatable bonds is 6. The molecule has 0 radical (unpaired) electrons. The maximum absolute atomic E-state index is 15.2. The summed E-state index contributed by atoms with van der Waals surface area (Å²) in [5.74, 6) is 1.68. The van der Waals surface area contributed by atoms with Crippen LogP contribution in [0.3, 0.4) is 0 Å². The van der Waals surface area contributed by atoms with Crippen LogP contribution in [0, 0.1) is 5.82 Å². The van der Waals surface area contributed by atoms with Crippen molar-refractivity contribution >= 4 is 23.5 Å². The van der Waals surface area contributed by atoms with Crippen molar-refractivity contribution in [3.8, 4) is 11.8 Å². The van der Waals surface area contributed by atoms with Crippen LogP contribution in [0.15, 0.2) is 40.4 Å². The summed E-state index contributed by atoms with van der Waals surface area (Å²) in [4.78, 5) is 17.9. The number of hydrogen-bond acceptors (Lipinski definition) is 8. The lowest BCUT2D eigenvalue weighted by Crippen LogP contribution is -2.47. The number of aliphatic imine (C=N–C) groups is 1. The van der Waals surface area contributed by atoms with Crippen molar-refractivity contribution in [2.24, 2.45) is 4.99 Å². The summed E-state index contributed by atoms with van der Waals surface area (Å²) < 4.78 is 21.1. The minimum absolute atomic E-state index is 0.0784. The quantitative estimate of drug-likeness (QED) is 0.679. The highest BCUT2D eigenvalue weighted by Crippen LogP contribution is 2.34. The van der Waals surface area contributed by atoms with Gasteiger partial charge in [-0.05, 0) is 43.5 Å². The van der Waals surface area contributed by atoms with Crippen LogP contribution < -0.4 is 15.0 Å². The Kier molecular flexibility index (Phi) is 6.30. The molecule has 0 bridgehead atoms. The number of halogens is 1. The number of aliphatic hydroxyl groups is 1. The van der Waals surface area contributed by atoms with Gasteiger partial charge >= 0.3 is 6.01 Å². The van der Waals surface area contributed by atoms with Gasteiger partial charge in [-0.2, -0.15) is 9.97 Å². The summed E-state index contributed by atoms with van der Waals surface area (Å²) in [5, 5.41) is 12.5. The Bertz CT molecular complexity index is 1180. The monoisotopic (exact) mass is 464 g/mol. The van der Waals surface area contributed by atoms with Gasteiger partial charge in [0.05, 0.1) is 13.2 Å². The van der Waals surface area contributed by atoms with Crippen LogP contribution in [-0.2, 0) is 6.42 Å². The Morgan fingerprint density at radius 1 is 1.09 bits per heavy atom. The Morgan fingerprint density at radius 3 is 2.65 bits per heavy atom. The second kappa shape index (κ2) is 9.52. The summed E-state index contributed by atoms with van der Waals surface area (Å²) in [6, 6.07) is 5.48. The SMILES string of the molecule is CC1=CC(Nc2cc(N3CCN(CCO)CC3)nc(Oc3ccc4c(c3F)C=C(C)C4)n2)=NC1. The van der Waals surface area contributed by atoms with E-state index in [0.29, 0.717) is 30.3 Å². The predicted octanol–water partition coefficient (Wildman–Crippen LogP) is 3.25. The van der Waals surface area contributed by atoms with Crippen LogP contribution in [0.1, 0.15) is 25.0 Å². The summed E-state index contributed by atoms with van der Waals surface area (Å²) in [6.45, 7) is 8.64.